The predicted molar refractivity (Wildman–Crippen MR) is 304 cm³/mol. The summed E-state index contributed by atoms with van der Waals surface area (Å²) in [5.41, 5.74) is 14.5. The van der Waals surface area contributed by atoms with Crippen molar-refractivity contribution in [3.8, 4) is 0 Å². The molecule has 9 aromatic heterocycles. The van der Waals surface area contributed by atoms with Crippen LogP contribution in [0.3, 0.4) is 0 Å². The van der Waals surface area contributed by atoms with Gasteiger partial charge in [-0.25, -0.2) is 39.9 Å². The van der Waals surface area contributed by atoms with Gasteiger partial charge < -0.3 is 0 Å². The molecule has 0 aliphatic heterocycles. The number of hydrogen-bond acceptors (Lipinski definition) is 12. The maximum absolute atomic E-state index is 5.50. The molecule has 0 saturated heterocycles. The Kier molecular flexibility index (Phi) is 23.1. The first kappa shape index (κ1) is 56.4. The highest BCUT2D eigenvalue weighted by Crippen LogP contribution is 2.21. The lowest BCUT2D eigenvalue weighted by Gasteiger charge is -2.05. The van der Waals surface area contributed by atoms with E-state index >= 15 is 0 Å². The Hall–Kier alpha value is -7.23. The van der Waals surface area contributed by atoms with E-state index in [1.165, 1.54) is 20.4 Å². The van der Waals surface area contributed by atoms with Crippen LogP contribution < -0.4 is 16.8 Å². The summed E-state index contributed by atoms with van der Waals surface area (Å²) in [6.07, 6.45) is 8.14. The summed E-state index contributed by atoms with van der Waals surface area (Å²) in [5.74, 6) is 0. The van der Waals surface area contributed by atoms with Crippen molar-refractivity contribution >= 4 is 152 Å². The molecule has 0 fully saturated rings. The molecule has 0 saturated carbocycles. The van der Waals surface area contributed by atoms with Crippen LogP contribution in [0.5, 0.6) is 0 Å². The minimum atomic E-state index is 0.631. The topological polar surface area (TPSA) is 168 Å². The Bertz CT molecular complexity index is 3380. The zero-order valence-electron chi connectivity index (χ0n) is 43.1. The Labute approximate surface area is 423 Å². The van der Waals surface area contributed by atoms with E-state index in [9.17, 15) is 0 Å². The first-order valence-electron chi connectivity index (χ1n) is 24.3. The van der Waals surface area contributed by atoms with Gasteiger partial charge in [0, 0.05) is 58.8 Å². The van der Waals surface area contributed by atoms with Crippen LogP contribution in [0.4, 0.5) is 0 Å². The highest BCUT2D eigenvalue weighted by Gasteiger charge is 2.17. The first-order chi connectivity index (χ1) is 35.1. The van der Waals surface area contributed by atoms with Crippen LogP contribution in [0.2, 0.25) is 6.82 Å². The van der Waals surface area contributed by atoms with Gasteiger partial charge >= 0.3 is 0 Å². The van der Waals surface area contributed by atoms with E-state index in [1.54, 1.807) is 39.1 Å². The molecule has 0 atom stereocenters. The molecule has 12 rings (SSSR count). The number of fused-ring (bicyclic) bond motifs is 15. The first-order valence-corrected chi connectivity index (χ1v) is 24.3. The molecule has 0 unspecified atom stereocenters. The molecule has 12 aromatic rings. The molecule has 0 spiro atoms. The van der Waals surface area contributed by atoms with Gasteiger partial charge in [0.2, 0.25) is 0 Å². The van der Waals surface area contributed by atoms with Gasteiger partial charge in [-0.05, 0) is 42.5 Å². The van der Waals surface area contributed by atoms with Crippen molar-refractivity contribution < 1.29 is 0 Å². The van der Waals surface area contributed by atoms with E-state index in [1.807, 2.05) is 189 Å². The summed E-state index contributed by atoms with van der Waals surface area (Å²) in [4.78, 5) is 44.4. The maximum atomic E-state index is 5.50. The van der Waals surface area contributed by atoms with Gasteiger partial charge in [0.25, 0.3) is 0 Å². The van der Waals surface area contributed by atoms with Gasteiger partial charge in [0.15, 0.2) is 35.5 Å². The monoisotopic (exact) mass is 933 g/mol. The summed E-state index contributed by atoms with van der Waals surface area (Å²) in [6.45, 7) is 25.9. The lowest BCUT2D eigenvalue weighted by molar-refractivity contribution is 1.03. The molecular formula is C49H57B7N15. The smallest absolute Gasteiger partial charge is 0.195 e. The number of aromatic nitrogens is 15. The minimum absolute atomic E-state index is 0.631. The van der Waals surface area contributed by atoms with E-state index < -0.39 is 0 Å². The largest absolute Gasteiger partial charge is 0.274 e. The van der Waals surface area contributed by atoms with Gasteiger partial charge in [-0.15, -0.1) is 5.10 Å². The molecule has 0 N–H and O–H groups in total. The zero-order valence-corrected chi connectivity index (χ0v) is 43.1. The predicted octanol–water partition coefficient (Wildman–Crippen LogP) is 7.08. The van der Waals surface area contributed by atoms with E-state index in [4.69, 9.17) is 15.5 Å². The van der Waals surface area contributed by atoms with Gasteiger partial charge in [-0.3, -0.25) is 23.2 Å². The second-order valence-electron chi connectivity index (χ2n) is 13.0. The molecular weight excluding hydrogens is 874 g/mol. The third-order valence-electron chi connectivity index (χ3n) is 9.51. The van der Waals surface area contributed by atoms with Crippen molar-refractivity contribution in [2.24, 2.45) is 0 Å². The molecule has 15 nitrogen and oxygen atoms in total. The van der Waals surface area contributed by atoms with Crippen LogP contribution in [-0.2, 0) is 0 Å². The Balaban J connectivity index is 0.000000209. The molecule has 22 heteroatoms. The molecule has 3 aromatic carbocycles. The lowest BCUT2D eigenvalue weighted by atomic mass is 9.27. The molecule has 0 aliphatic rings. The number of nitrogens with zero attached hydrogens (tertiary/aromatic N) is 15. The second-order valence-corrected chi connectivity index (χ2v) is 13.0. The number of benzene rings is 3. The Morgan fingerprint density at radius 3 is 1.37 bits per heavy atom. The van der Waals surface area contributed by atoms with Crippen LogP contribution in [0.25, 0.3) is 83.7 Å². The maximum Gasteiger partial charge on any atom is 0.195 e. The van der Waals surface area contributed by atoms with Crippen molar-refractivity contribution in [3.05, 3.63) is 110 Å². The van der Waals surface area contributed by atoms with Gasteiger partial charge in [-0.2, -0.15) is 5.10 Å². The number of para-hydroxylation sites is 6. The van der Waals surface area contributed by atoms with Crippen molar-refractivity contribution in [2.45, 2.75) is 89.9 Å². The van der Waals surface area contributed by atoms with Gasteiger partial charge in [0.05, 0.1) is 45.5 Å². The SMILES string of the molecule is CC.CC.CC.CC.CC.CC.C[B]c1nc2nccnc2n2c1nc1ccccc12.[B][B][B]c1nc2ccnnc2n2c1nc1ccccc12.[B][B][B]c1nc2cncnc2n2c1nc1ccccc12. The van der Waals surface area contributed by atoms with Crippen LogP contribution in [0.15, 0.2) is 110 Å². The summed E-state index contributed by atoms with van der Waals surface area (Å²) in [5, 5.41) is 8.13. The van der Waals surface area contributed by atoms with E-state index in [0.29, 0.717) is 28.0 Å². The van der Waals surface area contributed by atoms with Gasteiger partial charge in [-0.1, -0.05) is 126 Å². The average Bonchev–Trinajstić information content (AvgIpc) is 4.18. The van der Waals surface area contributed by atoms with Crippen LogP contribution in [0, 0.1) is 0 Å². The normalized spacial score (nSPS) is 9.87. The zero-order chi connectivity index (χ0) is 51.9. The van der Waals surface area contributed by atoms with Crippen molar-refractivity contribution in [3.63, 3.8) is 0 Å². The Morgan fingerprint density at radius 1 is 0.408 bits per heavy atom. The fourth-order valence-corrected chi connectivity index (χ4v) is 7.05. The minimum Gasteiger partial charge on any atom is -0.274 e. The molecule has 9 radical (unpaired) electrons. The summed E-state index contributed by atoms with van der Waals surface area (Å²) >= 11 is 0. The van der Waals surface area contributed by atoms with Crippen LogP contribution in [-0.4, -0.2) is 124 Å². The van der Waals surface area contributed by atoms with Crippen molar-refractivity contribution in [1.29, 1.82) is 0 Å². The molecule has 0 amide bonds. The van der Waals surface area contributed by atoms with E-state index in [2.05, 4.69) is 60.0 Å². The summed E-state index contributed by atoms with van der Waals surface area (Å²) in [7, 11) is 19.3. The highest BCUT2D eigenvalue weighted by molar-refractivity contribution is 7.28. The number of imidazole rings is 3. The van der Waals surface area contributed by atoms with E-state index in [-0.39, 0.29) is 0 Å². The second kappa shape index (κ2) is 29.1. The molecule has 349 valence electrons. The number of rotatable bonds is 5. The van der Waals surface area contributed by atoms with Gasteiger partial charge in [0.1, 0.15) is 43.0 Å². The third kappa shape index (κ3) is 12.0. The fourth-order valence-electron chi connectivity index (χ4n) is 7.05. The fraction of sp³-hybridized carbons (Fsp3) is 0.265. The Morgan fingerprint density at radius 2 is 0.859 bits per heavy atom. The standard InChI is InChI=1S/C13H9BN5.2C12H6B3N5.6C2H6/c1-14-10-12-17-8-4-2-3-5-9(8)19(12)13-11(18-10)15-6-7-16-13;13-15-14-10-12-19-7-3-1-2-4-9(7)20(12)11-8(18-10)5-16-6-17-11;13-15-14-10-12-18-7-3-1-2-4-9(7)20(12)11-8(17-10)5-6-16-19-11;6*1-2/h2-7H,1H3;2*1-6H;6*1-2H3. The van der Waals surface area contributed by atoms with Crippen LogP contribution in [0.1, 0.15) is 83.1 Å². The van der Waals surface area contributed by atoms with Crippen molar-refractivity contribution in [2.75, 3.05) is 0 Å². The molecule has 0 bridgehead atoms. The van der Waals surface area contributed by atoms with Crippen molar-refractivity contribution in [1.82, 2.24) is 73.2 Å². The quantitative estimate of drug-likeness (QED) is 0.161. The highest BCUT2D eigenvalue weighted by atomic mass is 15.2. The molecule has 71 heavy (non-hydrogen) atoms. The van der Waals surface area contributed by atoms with E-state index in [0.717, 1.165) is 72.4 Å². The third-order valence-corrected chi connectivity index (χ3v) is 9.51. The molecule has 9 heterocycles. The van der Waals surface area contributed by atoms with Crippen LogP contribution >= 0.6 is 0 Å². The number of hydrogen-bond donors (Lipinski definition) is 0. The summed E-state index contributed by atoms with van der Waals surface area (Å²) in [6, 6.07) is 25.6. The summed E-state index contributed by atoms with van der Waals surface area (Å²) < 4.78 is 5.95. The lowest BCUT2D eigenvalue weighted by Crippen LogP contribution is -2.27. The molecule has 0 aliphatic carbocycles. The average molecular weight is 932 g/mol.